The molecule has 1 saturated heterocycles. The average Bonchev–Trinajstić information content (AvgIpc) is 2.84. The van der Waals surface area contributed by atoms with Gasteiger partial charge in [-0.2, -0.15) is 0 Å². The van der Waals surface area contributed by atoms with Crippen LogP contribution in [0.5, 0.6) is 0 Å². The van der Waals surface area contributed by atoms with Crippen molar-refractivity contribution in [3.8, 4) is 0 Å². The molecule has 0 N–H and O–H groups in total. The lowest BCUT2D eigenvalue weighted by Gasteiger charge is -2.24. The molecule has 102 valence electrons. The van der Waals surface area contributed by atoms with Crippen molar-refractivity contribution in [2.45, 2.75) is 18.8 Å². The fourth-order valence-corrected chi connectivity index (χ4v) is 3.48. The smallest absolute Gasteiger partial charge is 0.234 e. The number of amides is 1. The average molecular weight is 284 g/mol. The maximum Gasteiger partial charge on any atom is 0.234 e. The number of aromatic nitrogens is 1. The van der Waals surface area contributed by atoms with E-state index in [4.69, 9.17) is 0 Å². The second-order valence-electron chi connectivity index (χ2n) is 4.96. The minimum absolute atomic E-state index is 0.0810. The van der Waals surface area contributed by atoms with Gasteiger partial charge in [0, 0.05) is 24.5 Å². The van der Waals surface area contributed by atoms with Gasteiger partial charge in [-0.3, -0.25) is 9.78 Å². The predicted molar refractivity (Wildman–Crippen MR) is 81.2 cm³/mol. The standard InChI is InChI=1S/C16H16N2OS/c1-12-4-6-13(7-5-12)10-18-15(19)11-20-16(18)14-3-2-8-17-9-14/h2-9,16H,10-11H2,1H3. The Bertz CT molecular complexity index is 598. The molecule has 3 nitrogen and oxygen atoms in total. The summed E-state index contributed by atoms with van der Waals surface area (Å²) in [4.78, 5) is 18.2. The Balaban J connectivity index is 1.82. The second kappa shape index (κ2) is 5.67. The molecule has 1 unspecified atom stereocenters. The molecular weight excluding hydrogens is 268 g/mol. The summed E-state index contributed by atoms with van der Waals surface area (Å²) in [7, 11) is 0. The molecule has 1 aliphatic rings. The van der Waals surface area contributed by atoms with Crippen molar-refractivity contribution in [3.63, 3.8) is 0 Å². The van der Waals surface area contributed by atoms with Gasteiger partial charge in [0.05, 0.1) is 5.75 Å². The zero-order chi connectivity index (χ0) is 13.9. The van der Waals surface area contributed by atoms with Crippen LogP contribution in [0.4, 0.5) is 0 Å². The molecule has 1 atom stereocenters. The quantitative estimate of drug-likeness (QED) is 0.868. The van der Waals surface area contributed by atoms with Crippen LogP contribution in [0.25, 0.3) is 0 Å². The van der Waals surface area contributed by atoms with Gasteiger partial charge in [-0.1, -0.05) is 35.9 Å². The van der Waals surface area contributed by atoms with Crippen LogP contribution in [0.3, 0.4) is 0 Å². The highest BCUT2D eigenvalue weighted by Gasteiger charge is 2.32. The van der Waals surface area contributed by atoms with E-state index in [0.29, 0.717) is 12.3 Å². The Morgan fingerprint density at radius 2 is 2.10 bits per heavy atom. The van der Waals surface area contributed by atoms with E-state index in [2.05, 4.69) is 36.2 Å². The maximum absolute atomic E-state index is 12.1. The van der Waals surface area contributed by atoms with Crippen LogP contribution in [0.2, 0.25) is 0 Å². The molecule has 0 aliphatic carbocycles. The topological polar surface area (TPSA) is 33.2 Å². The van der Waals surface area contributed by atoms with Gasteiger partial charge in [-0.15, -0.1) is 11.8 Å². The number of aryl methyl sites for hydroxylation is 1. The first-order chi connectivity index (χ1) is 9.74. The molecule has 1 aliphatic heterocycles. The number of hydrogen-bond donors (Lipinski definition) is 0. The van der Waals surface area contributed by atoms with Gasteiger partial charge >= 0.3 is 0 Å². The Morgan fingerprint density at radius 1 is 1.30 bits per heavy atom. The summed E-state index contributed by atoms with van der Waals surface area (Å²) in [5, 5.41) is 0.0810. The van der Waals surface area contributed by atoms with Crippen molar-refractivity contribution in [2.24, 2.45) is 0 Å². The van der Waals surface area contributed by atoms with E-state index in [1.165, 1.54) is 11.1 Å². The first-order valence-corrected chi connectivity index (χ1v) is 7.65. The summed E-state index contributed by atoms with van der Waals surface area (Å²) < 4.78 is 0. The Morgan fingerprint density at radius 3 is 2.80 bits per heavy atom. The molecule has 20 heavy (non-hydrogen) atoms. The van der Waals surface area contributed by atoms with E-state index in [1.807, 2.05) is 23.2 Å². The largest absolute Gasteiger partial charge is 0.321 e. The molecular formula is C16H16N2OS. The summed E-state index contributed by atoms with van der Waals surface area (Å²) in [6.07, 6.45) is 3.60. The molecule has 4 heteroatoms. The summed E-state index contributed by atoms with van der Waals surface area (Å²) in [6.45, 7) is 2.73. The van der Waals surface area contributed by atoms with Crippen LogP contribution in [0, 0.1) is 6.92 Å². The number of thioether (sulfide) groups is 1. The highest BCUT2D eigenvalue weighted by atomic mass is 32.2. The molecule has 0 saturated carbocycles. The van der Waals surface area contributed by atoms with Gasteiger partial charge in [-0.05, 0) is 18.6 Å². The SMILES string of the molecule is Cc1ccc(CN2C(=O)CSC2c2cccnc2)cc1. The highest BCUT2D eigenvalue weighted by molar-refractivity contribution is 8.00. The molecule has 2 heterocycles. The molecule has 0 radical (unpaired) electrons. The zero-order valence-electron chi connectivity index (χ0n) is 11.3. The number of benzene rings is 1. The number of carbonyl (C=O) groups is 1. The summed E-state index contributed by atoms with van der Waals surface area (Å²) in [5.41, 5.74) is 3.50. The lowest BCUT2D eigenvalue weighted by atomic mass is 10.1. The van der Waals surface area contributed by atoms with E-state index in [9.17, 15) is 4.79 Å². The minimum Gasteiger partial charge on any atom is -0.321 e. The van der Waals surface area contributed by atoms with Crippen molar-refractivity contribution < 1.29 is 4.79 Å². The molecule has 3 rings (SSSR count). The van der Waals surface area contributed by atoms with Crippen LogP contribution in [-0.2, 0) is 11.3 Å². The summed E-state index contributed by atoms with van der Waals surface area (Å²) in [5.74, 6) is 0.746. The van der Waals surface area contributed by atoms with Crippen molar-refractivity contribution in [2.75, 3.05) is 5.75 Å². The third-order valence-corrected chi connectivity index (χ3v) is 4.67. The number of nitrogens with zero attached hydrogens (tertiary/aromatic N) is 2. The van der Waals surface area contributed by atoms with E-state index in [1.54, 1.807) is 18.0 Å². The molecule has 0 bridgehead atoms. The molecule has 1 amide bonds. The first kappa shape index (κ1) is 13.2. The van der Waals surface area contributed by atoms with E-state index in [0.717, 1.165) is 5.56 Å². The van der Waals surface area contributed by atoms with Gasteiger partial charge in [0.15, 0.2) is 0 Å². The second-order valence-corrected chi connectivity index (χ2v) is 6.03. The summed E-state index contributed by atoms with van der Waals surface area (Å²) in [6, 6.07) is 12.3. The molecule has 0 spiro atoms. The Hall–Kier alpha value is -1.81. The zero-order valence-corrected chi connectivity index (χ0v) is 12.1. The van der Waals surface area contributed by atoms with Gasteiger partial charge in [0.1, 0.15) is 5.37 Å². The lowest BCUT2D eigenvalue weighted by molar-refractivity contribution is -0.128. The Kier molecular flexibility index (Phi) is 3.74. The van der Waals surface area contributed by atoms with Crippen molar-refractivity contribution >= 4 is 17.7 Å². The fourth-order valence-electron chi connectivity index (χ4n) is 2.31. The van der Waals surface area contributed by atoms with E-state index >= 15 is 0 Å². The lowest BCUT2D eigenvalue weighted by Crippen LogP contribution is -2.27. The molecule has 2 aromatic rings. The highest BCUT2D eigenvalue weighted by Crippen LogP contribution is 2.39. The van der Waals surface area contributed by atoms with Gasteiger partial charge in [-0.25, -0.2) is 0 Å². The third-order valence-electron chi connectivity index (χ3n) is 3.41. The number of rotatable bonds is 3. The molecule has 1 aromatic carbocycles. The van der Waals surface area contributed by atoms with Crippen molar-refractivity contribution in [3.05, 3.63) is 65.5 Å². The van der Waals surface area contributed by atoms with Crippen LogP contribution >= 0.6 is 11.8 Å². The van der Waals surface area contributed by atoms with Crippen molar-refractivity contribution in [1.82, 2.24) is 9.88 Å². The number of hydrogen-bond acceptors (Lipinski definition) is 3. The normalized spacial score (nSPS) is 18.6. The molecule has 1 aromatic heterocycles. The van der Waals surface area contributed by atoms with Crippen LogP contribution < -0.4 is 0 Å². The van der Waals surface area contributed by atoms with Crippen LogP contribution in [-0.4, -0.2) is 21.5 Å². The third kappa shape index (κ3) is 2.70. The Labute approximate surface area is 123 Å². The van der Waals surface area contributed by atoms with Crippen LogP contribution in [0.1, 0.15) is 22.1 Å². The number of carbonyl (C=O) groups excluding carboxylic acids is 1. The number of pyridine rings is 1. The fraction of sp³-hybridized carbons (Fsp3) is 0.250. The molecule has 1 fully saturated rings. The monoisotopic (exact) mass is 284 g/mol. The van der Waals surface area contributed by atoms with Gasteiger partial charge in [0.25, 0.3) is 0 Å². The predicted octanol–water partition coefficient (Wildman–Crippen LogP) is 3.16. The first-order valence-electron chi connectivity index (χ1n) is 6.60. The maximum atomic E-state index is 12.1. The van der Waals surface area contributed by atoms with Gasteiger partial charge < -0.3 is 4.90 Å². The van der Waals surface area contributed by atoms with E-state index < -0.39 is 0 Å². The van der Waals surface area contributed by atoms with E-state index in [-0.39, 0.29) is 11.3 Å². The minimum atomic E-state index is 0.0810. The van der Waals surface area contributed by atoms with Crippen molar-refractivity contribution in [1.29, 1.82) is 0 Å². The van der Waals surface area contributed by atoms with Gasteiger partial charge in [0.2, 0.25) is 5.91 Å². The summed E-state index contributed by atoms with van der Waals surface area (Å²) >= 11 is 1.67. The van der Waals surface area contributed by atoms with Crippen LogP contribution in [0.15, 0.2) is 48.8 Å².